The molecule has 1 saturated carbocycles. The van der Waals surface area contributed by atoms with Crippen LogP contribution in [0.1, 0.15) is 86.2 Å². The number of esters is 2. The molecule has 1 fully saturated rings. The van der Waals surface area contributed by atoms with E-state index in [1.165, 1.54) is 6.07 Å². The number of H-pyrrole nitrogens is 1. The molecular formula is C31H34F3NO5. The van der Waals surface area contributed by atoms with Gasteiger partial charge in [0.1, 0.15) is 17.8 Å². The fourth-order valence-corrected chi connectivity index (χ4v) is 6.33. The van der Waals surface area contributed by atoms with Gasteiger partial charge in [-0.3, -0.25) is 9.59 Å². The molecule has 0 amide bonds. The van der Waals surface area contributed by atoms with Crippen molar-refractivity contribution in [2.24, 2.45) is 0 Å². The average Bonchev–Trinajstić information content (AvgIpc) is 3.65. The van der Waals surface area contributed by atoms with Crippen molar-refractivity contribution in [3.8, 4) is 5.75 Å². The van der Waals surface area contributed by atoms with E-state index < -0.39 is 29.1 Å². The molecule has 2 aromatic carbocycles. The SMILES string of the molecule is CCOC(=O)CC1(C(=O)OCC)CCc2c1[nH]c1ccc(OCc3ccc(C4CCCC4)c(C(F)(F)F)c3)cc21. The third kappa shape index (κ3) is 5.30. The quantitative estimate of drug-likeness (QED) is 0.284. The molecule has 1 heterocycles. The Hall–Kier alpha value is -3.49. The third-order valence-electron chi connectivity index (χ3n) is 8.20. The Balaban J connectivity index is 1.40. The van der Waals surface area contributed by atoms with Crippen LogP contribution in [-0.2, 0) is 43.7 Å². The molecule has 0 aliphatic heterocycles. The Morgan fingerprint density at radius 3 is 2.48 bits per heavy atom. The van der Waals surface area contributed by atoms with Gasteiger partial charge in [-0.15, -0.1) is 0 Å². The number of carbonyl (C=O) groups excluding carboxylic acids is 2. The van der Waals surface area contributed by atoms with Gasteiger partial charge in [0.15, 0.2) is 0 Å². The number of fused-ring (bicyclic) bond motifs is 3. The fraction of sp³-hybridized carbons (Fsp3) is 0.484. The van der Waals surface area contributed by atoms with Gasteiger partial charge < -0.3 is 19.2 Å². The zero-order valence-electron chi connectivity index (χ0n) is 22.8. The van der Waals surface area contributed by atoms with Crippen LogP contribution in [0, 0.1) is 0 Å². The van der Waals surface area contributed by atoms with Crippen LogP contribution >= 0.6 is 0 Å². The van der Waals surface area contributed by atoms with Crippen LogP contribution in [0.2, 0.25) is 0 Å². The molecule has 1 aromatic heterocycles. The van der Waals surface area contributed by atoms with Gasteiger partial charge >= 0.3 is 18.1 Å². The van der Waals surface area contributed by atoms with Crippen LogP contribution in [0.3, 0.4) is 0 Å². The monoisotopic (exact) mass is 557 g/mol. The minimum atomic E-state index is -4.42. The standard InChI is InChI=1S/C31H34F3NO5/c1-3-38-27(36)17-30(29(37)39-4-2)14-13-23-24-16-21(10-12-26(24)35-28(23)30)40-18-19-9-11-22(20-7-5-6-8-20)25(15-19)31(32,33)34/h9-12,15-16,20,35H,3-8,13-14,17-18H2,1-2H3. The van der Waals surface area contributed by atoms with Crippen molar-refractivity contribution >= 4 is 22.8 Å². The van der Waals surface area contributed by atoms with Crippen LogP contribution in [-0.4, -0.2) is 30.1 Å². The maximum atomic E-state index is 13.9. The summed E-state index contributed by atoms with van der Waals surface area (Å²) in [6.07, 6.45) is -0.0954. The number of halogens is 3. The molecule has 0 spiro atoms. The molecule has 40 heavy (non-hydrogen) atoms. The predicted molar refractivity (Wildman–Crippen MR) is 143 cm³/mol. The summed E-state index contributed by atoms with van der Waals surface area (Å²) < 4.78 is 58.2. The second kappa shape index (κ2) is 11.2. The van der Waals surface area contributed by atoms with Crippen LogP contribution in [0.25, 0.3) is 10.9 Å². The molecule has 0 bridgehead atoms. The van der Waals surface area contributed by atoms with E-state index in [4.69, 9.17) is 14.2 Å². The van der Waals surface area contributed by atoms with E-state index in [9.17, 15) is 22.8 Å². The molecule has 9 heteroatoms. The number of ether oxygens (including phenoxy) is 3. The van der Waals surface area contributed by atoms with Crippen molar-refractivity contribution in [2.45, 2.75) is 82.9 Å². The number of aromatic amines is 1. The Bertz CT molecular complexity index is 1410. The first kappa shape index (κ1) is 28.1. The van der Waals surface area contributed by atoms with E-state index >= 15 is 0 Å². The topological polar surface area (TPSA) is 77.6 Å². The largest absolute Gasteiger partial charge is 0.489 e. The molecule has 2 aliphatic carbocycles. The molecule has 1 unspecified atom stereocenters. The van der Waals surface area contributed by atoms with Gasteiger partial charge in [-0.1, -0.05) is 25.0 Å². The van der Waals surface area contributed by atoms with E-state index in [0.717, 1.165) is 42.1 Å². The summed E-state index contributed by atoms with van der Waals surface area (Å²) in [6.45, 7) is 3.83. The second-order valence-corrected chi connectivity index (χ2v) is 10.7. The van der Waals surface area contributed by atoms with Crippen LogP contribution in [0.4, 0.5) is 13.2 Å². The Morgan fingerprint density at radius 1 is 1.02 bits per heavy atom. The summed E-state index contributed by atoms with van der Waals surface area (Å²) in [7, 11) is 0. The fourth-order valence-electron chi connectivity index (χ4n) is 6.33. The van der Waals surface area contributed by atoms with E-state index in [1.54, 1.807) is 32.0 Å². The zero-order valence-corrected chi connectivity index (χ0v) is 22.8. The number of rotatable bonds is 9. The number of aryl methyl sites for hydroxylation is 1. The Labute approximate surface area is 231 Å². The number of alkyl halides is 3. The number of hydrogen-bond donors (Lipinski definition) is 1. The highest BCUT2D eigenvalue weighted by atomic mass is 19.4. The van der Waals surface area contributed by atoms with E-state index in [1.807, 2.05) is 12.1 Å². The van der Waals surface area contributed by atoms with E-state index in [2.05, 4.69) is 4.98 Å². The minimum absolute atomic E-state index is 0.0121. The highest BCUT2D eigenvalue weighted by Gasteiger charge is 2.50. The van der Waals surface area contributed by atoms with Gasteiger partial charge in [0.25, 0.3) is 0 Å². The third-order valence-corrected chi connectivity index (χ3v) is 8.20. The summed E-state index contributed by atoms with van der Waals surface area (Å²) in [6, 6.07) is 9.92. The Morgan fingerprint density at radius 2 is 1.77 bits per heavy atom. The molecule has 1 N–H and O–H groups in total. The predicted octanol–water partition coefficient (Wildman–Crippen LogP) is 7.12. The summed E-state index contributed by atoms with van der Waals surface area (Å²) in [4.78, 5) is 28.9. The molecule has 6 nitrogen and oxygen atoms in total. The molecule has 2 aliphatic rings. The average molecular weight is 558 g/mol. The number of aromatic nitrogens is 1. The zero-order chi connectivity index (χ0) is 28.5. The van der Waals surface area contributed by atoms with E-state index in [-0.39, 0.29) is 32.2 Å². The molecule has 0 saturated heterocycles. The van der Waals surface area contributed by atoms with Crippen molar-refractivity contribution < 1.29 is 37.0 Å². The number of benzene rings is 2. The van der Waals surface area contributed by atoms with Gasteiger partial charge in [0.05, 0.1) is 25.2 Å². The van der Waals surface area contributed by atoms with Crippen molar-refractivity contribution in [1.29, 1.82) is 0 Å². The molecule has 5 rings (SSSR count). The minimum Gasteiger partial charge on any atom is -0.489 e. The summed E-state index contributed by atoms with van der Waals surface area (Å²) >= 11 is 0. The summed E-state index contributed by atoms with van der Waals surface area (Å²) in [5.74, 6) is -0.480. The number of carbonyl (C=O) groups is 2. The lowest BCUT2D eigenvalue weighted by Gasteiger charge is -2.26. The van der Waals surface area contributed by atoms with Crippen LogP contribution in [0.5, 0.6) is 5.75 Å². The first-order valence-corrected chi connectivity index (χ1v) is 14.0. The van der Waals surface area contributed by atoms with Gasteiger partial charge in [-0.25, -0.2) is 0 Å². The van der Waals surface area contributed by atoms with Crippen molar-refractivity contribution in [3.05, 3.63) is 64.3 Å². The highest BCUT2D eigenvalue weighted by Crippen LogP contribution is 2.46. The van der Waals surface area contributed by atoms with Gasteiger partial charge in [0, 0.05) is 16.6 Å². The van der Waals surface area contributed by atoms with Crippen molar-refractivity contribution in [1.82, 2.24) is 4.98 Å². The lowest BCUT2D eigenvalue weighted by molar-refractivity contribution is -0.157. The lowest BCUT2D eigenvalue weighted by atomic mass is 9.82. The smallest absolute Gasteiger partial charge is 0.416 e. The molecule has 1 atom stereocenters. The highest BCUT2D eigenvalue weighted by molar-refractivity contribution is 5.95. The first-order valence-electron chi connectivity index (χ1n) is 14.0. The molecular weight excluding hydrogens is 523 g/mol. The van der Waals surface area contributed by atoms with Gasteiger partial charge in [-0.2, -0.15) is 13.2 Å². The molecule has 0 radical (unpaired) electrons. The molecule has 214 valence electrons. The number of hydrogen-bond acceptors (Lipinski definition) is 5. The van der Waals surface area contributed by atoms with Gasteiger partial charge in [0.2, 0.25) is 0 Å². The maximum absolute atomic E-state index is 13.9. The van der Waals surface area contributed by atoms with Crippen LogP contribution in [0.15, 0.2) is 36.4 Å². The Kier molecular flexibility index (Phi) is 7.84. The first-order chi connectivity index (χ1) is 19.2. The van der Waals surface area contributed by atoms with Crippen molar-refractivity contribution in [3.63, 3.8) is 0 Å². The second-order valence-electron chi connectivity index (χ2n) is 10.7. The van der Waals surface area contributed by atoms with Gasteiger partial charge in [-0.05, 0) is 86.4 Å². The number of nitrogens with one attached hydrogen (secondary N) is 1. The van der Waals surface area contributed by atoms with Crippen LogP contribution < -0.4 is 4.74 Å². The maximum Gasteiger partial charge on any atom is 0.416 e. The summed E-state index contributed by atoms with van der Waals surface area (Å²) in [5.41, 5.74) is 1.41. The molecule has 3 aromatic rings. The van der Waals surface area contributed by atoms with Crippen molar-refractivity contribution in [2.75, 3.05) is 13.2 Å². The lowest BCUT2D eigenvalue weighted by Crippen LogP contribution is -2.38. The van der Waals surface area contributed by atoms with E-state index in [0.29, 0.717) is 35.4 Å². The summed E-state index contributed by atoms with van der Waals surface area (Å²) in [5, 5.41) is 0.843. The normalized spacial score (nSPS) is 19.1.